The number of carbonyl (C=O) groups is 1. The molecule has 0 saturated carbocycles. The van der Waals surface area contributed by atoms with Crippen LogP contribution in [-0.4, -0.2) is 31.6 Å². The first-order chi connectivity index (χ1) is 13.7. The molecular weight excluding hydrogens is 415 g/mol. The van der Waals surface area contributed by atoms with Crippen LogP contribution in [0.1, 0.15) is 28.0 Å². The van der Waals surface area contributed by atoms with Gasteiger partial charge in [0.05, 0.1) is 11.8 Å². The van der Waals surface area contributed by atoms with Gasteiger partial charge < -0.3 is 4.57 Å². The van der Waals surface area contributed by atoms with Crippen molar-refractivity contribution in [3.63, 3.8) is 0 Å². The van der Waals surface area contributed by atoms with Crippen LogP contribution < -0.4 is 4.72 Å². The number of carbonyl (C=O) groups excluding carboxylic acids is 1. The van der Waals surface area contributed by atoms with Gasteiger partial charge in [0, 0.05) is 41.2 Å². The largest absolute Gasteiger partial charge is 0.342 e. The molecule has 8 heteroatoms. The van der Waals surface area contributed by atoms with Gasteiger partial charge in [-0.3, -0.25) is 4.79 Å². The molecule has 154 valence electrons. The molecule has 0 bridgehead atoms. The van der Waals surface area contributed by atoms with E-state index in [1.165, 1.54) is 6.07 Å². The standard InChI is InChI=1S/C21H22ClFN2O3S/c1-14-20(19(26)13-15-7-3-4-9-17(15)22)16-8-5-10-18(23)21(16)25(14)12-6-11-24-29(2,27)28/h3-5,7-10,24H,6,11-13H2,1-2H3. The van der Waals surface area contributed by atoms with Crippen molar-refractivity contribution in [2.45, 2.75) is 26.3 Å². The summed E-state index contributed by atoms with van der Waals surface area (Å²) in [5.74, 6) is -0.558. The minimum absolute atomic E-state index is 0.117. The molecule has 0 aliphatic carbocycles. The molecule has 29 heavy (non-hydrogen) atoms. The average molecular weight is 437 g/mol. The molecule has 0 spiro atoms. The topological polar surface area (TPSA) is 68.2 Å². The second-order valence-corrected chi connectivity index (χ2v) is 9.20. The van der Waals surface area contributed by atoms with Crippen molar-refractivity contribution in [2.75, 3.05) is 12.8 Å². The summed E-state index contributed by atoms with van der Waals surface area (Å²) in [6.45, 7) is 2.39. The van der Waals surface area contributed by atoms with Gasteiger partial charge in [-0.05, 0) is 31.0 Å². The molecule has 0 unspecified atom stereocenters. The van der Waals surface area contributed by atoms with E-state index in [2.05, 4.69) is 4.72 Å². The number of hydrogen-bond acceptors (Lipinski definition) is 3. The van der Waals surface area contributed by atoms with Gasteiger partial charge in [-0.25, -0.2) is 17.5 Å². The van der Waals surface area contributed by atoms with Crippen LogP contribution in [0.5, 0.6) is 0 Å². The Labute approximate surface area is 174 Å². The number of ketones is 1. The molecular formula is C21H22ClFN2O3S. The first kappa shape index (κ1) is 21.5. The molecule has 2 aromatic carbocycles. The number of halogens is 2. The van der Waals surface area contributed by atoms with Crippen LogP contribution in [0.25, 0.3) is 10.9 Å². The molecule has 3 aromatic rings. The summed E-state index contributed by atoms with van der Waals surface area (Å²) in [6, 6.07) is 11.8. The highest BCUT2D eigenvalue weighted by Gasteiger charge is 2.22. The van der Waals surface area contributed by atoms with Crippen molar-refractivity contribution >= 4 is 38.3 Å². The predicted octanol–water partition coefficient (Wildman–Crippen LogP) is 4.11. The van der Waals surface area contributed by atoms with E-state index in [4.69, 9.17) is 11.6 Å². The highest BCUT2D eigenvalue weighted by Crippen LogP contribution is 2.30. The lowest BCUT2D eigenvalue weighted by Gasteiger charge is -2.09. The van der Waals surface area contributed by atoms with E-state index in [1.54, 1.807) is 41.8 Å². The fourth-order valence-electron chi connectivity index (χ4n) is 3.52. The van der Waals surface area contributed by atoms with Crippen LogP contribution in [0.3, 0.4) is 0 Å². The minimum atomic E-state index is -3.29. The summed E-state index contributed by atoms with van der Waals surface area (Å²) in [7, 11) is -3.29. The molecule has 0 fully saturated rings. The summed E-state index contributed by atoms with van der Waals surface area (Å²) in [5, 5.41) is 1.07. The Morgan fingerprint density at radius 1 is 1.17 bits per heavy atom. The number of sulfonamides is 1. The van der Waals surface area contributed by atoms with Crippen molar-refractivity contribution in [1.82, 2.24) is 9.29 Å². The number of rotatable bonds is 8. The third kappa shape index (κ3) is 4.86. The first-order valence-electron chi connectivity index (χ1n) is 9.17. The SMILES string of the molecule is Cc1c(C(=O)Cc2ccccc2Cl)c2cccc(F)c2n1CCCNS(C)(=O)=O. The fraction of sp³-hybridized carbons (Fsp3) is 0.286. The Morgan fingerprint density at radius 2 is 1.90 bits per heavy atom. The van der Waals surface area contributed by atoms with Crippen molar-refractivity contribution in [2.24, 2.45) is 0 Å². The van der Waals surface area contributed by atoms with Gasteiger partial charge in [-0.2, -0.15) is 0 Å². The monoisotopic (exact) mass is 436 g/mol. The molecule has 0 aliphatic heterocycles. The number of benzene rings is 2. The maximum absolute atomic E-state index is 14.6. The number of fused-ring (bicyclic) bond motifs is 1. The van der Waals surface area contributed by atoms with Crippen LogP contribution in [0.15, 0.2) is 42.5 Å². The van der Waals surface area contributed by atoms with E-state index >= 15 is 0 Å². The lowest BCUT2D eigenvalue weighted by atomic mass is 10.0. The first-order valence-corrected chi connectivity index (χ1v) is 11.4. The molecule has 0 amide bonds. The third-order valence-corrected chi connectivity index (χ3v) is 5.90. The molecule has 0 aliphatic rings. The van der Waals surface area contributed by atoms with E-state index in [0.717, 1.165) is 6.26 Å². The molecule has 1 N–H and O–H groups in total. The molecule has 3 rings (SSSR count). The second kappa shape index (κ2) is 8.65. The quantitative estimate of drug-likeness (QED) is 0.427. The summed E-state index contributed by atoms with van der Waals surface area (Å²) in [5.41, 5.74) is 2.19. The minimum Gasteiger partial charge on any atom is -0.342 e. The van der Waals surface area contributed by atoms with Gasteiger partial charge in [0.1, 0.15) is 5.82 Å². The van der Waals surface area contributed by atoms with Crippen LogP contribution in [0.4, 0.5) is 4.39 Å². The number of Topliss-reactive ketones (excluding diaryl/α,β-unsaturated/α-hetero) is 1. The van der Waals surface area contributed by atoms with Gasteiger partial charge in [0.25, 0.3) is 0 Å². The van der Waals surface area contributed by atoms with Crippen molar-refractivity contribution in [3.05, 3.63) is 70.1 Å². The summed E-state index contributed by atoms with van der Waals surface area (Å²) in [6.07, 6.45) is 1.67. The van der Waals surface area contributed by atoms with Crippen molar-refractivity contribution in [1.29, 1.82) is 0 Å². The van der Waals surface area contributed by atoms with Crippen LogP contribution in [0.2, 0.25) is 5.02 Å². The van der Waals surface area contributed by atoms with E-state index in [-0.39, 0.29) is 18.7 Å². The maximum atomic E-state index is 14.6. The number of hydrogen-bond donors (Lipinski definition) is 1. The van der Waals surface area contributed by atoms with Gasteiger partial charge in [0.2, 0.25) is 10.0 Å². The fourth-order valence-corrected chi connectivity index (χ4v) is 4.24. The molecule has 1 aromatic heterocycles. The molecule has 0 atom stereocenters. The smallest absolute Gasteiger partial charge is 0.208 e. The van der Waals surface area contributed by atoms with Crippen molar-refractivity contribution in [3.8, 4) is 0 Å². The average Bonchev–Trinajstić information content (AvgIpc) is 2.93. The number of nitrogens with one attached hydrogen (secondary N) is 1. The summed E-state index contributed by atoms with van der Waals surface area (Å²) < 4.78 is 41.3. The van der Waals surface area contributed by atoms with E-state index < -0.39 is 15.8 Å². The lowest BCUT2D eigenvalue weighted by molar-refractivity contribution is 0.0993. The third-order valence-electron chi connectivity index (χ3n) is 4.80. The lowest BCUT2D eigenvalue weighted by Crippen LogP contribution is -2.24. The van der Waals surface area contributed by atoms with Crippen LogP contribution in [-0.2, 0) is 23.0 Å². The Bertz CT molecular complexity index is 1170. The summed E-state index contributed by atoms with van der Waals surface area (Å²) in [4.78, 5) is 13.1. The Kier molecular flexibility index (Phi) is 6.41. The maximum Gasteiger partial charge on any atom is 0.208 e. The predicted molar refractivity (Wildman–Crippen MR) is 114 cm³/mol. The number of aryl methyl sites for hydroxylation is 1. The van der Waals surface area contributed by atoms with Crippen LogP contribution >= 0.6 is 11.6 Å². The zero-order valence-electron chi connectivity index (χ0n) is 16.2. The Hall–Kier alpha value is -2.22. The summed E-state index contributed by atoms with van der Waals surface area (Å²) >= 11 is 6.19. The zero-order chi connectivity index (χ0) is 21.2. The number of para-hydroxylation sites is 1. The number of nitrogens with zero attached hydrogens (tertiary/aromatic N) is 1. The van der Waals surface area contributed by atoms with Gasteiger partial charge in [0.15, 0.2) is 5.78 Å². The highest BCUT2D eigenvalue weighted by atomic mass is 35.5. The van der Waals surface area contributed by atoms with E-state index in [9.17, 15) is 17.6 Å². The molecule has 1 heterocycles. The Balaban J connectivity index is 1.95. The van der Waals surface area contributed by atoms with E-state index in [1.807, 2.05) is 6.07 Å². The second-order valence-electron chi connectivity index (χ2n) is 6.96. The number of aromatic nitrogens is 1. The highest BCUT2D eigenvalue weighted by molar-refractivity contribution is 7.88. The Morgan fingerprint density at radius 3 is 2.59 bits per heavy atom. The molecule has 0 saturated heterocycles. The normalized spacial score (nSPS) is 11.9. The van der Waals surface area contributed by atoms with Crippen LogP contribution in [0, 0.1) is 12.7 Å². The molecule has 5 nitrogen and oxygen atoms in total. The van der Waals surface area contributed by atoms with Gasteiger partial charge in [-0.1, -0.05) is 41.9 Å². The molecule has 0 radical (unpaired) electrons. The van der Waals surface area contributed by atoms with Gasteiger partial charge in [-0.15, -0.1) is 0 Å². The zero-order valence-corrected chi connectivity index (χ0v) is 17.8. The van der Waals surface area contributed by atoms with Crippen molar-refractivity contribution < 1.29 is 17.6 Å². The van der Waals surface area contributed by atoms with Gasteiger partial charge >= 0.3 is 0 Å². The van der Waals surface area contributed by atoms with E-state index in [0.29, 0.717) is 45.7 Å².